The molecule has 0 aliphatic carbocycles. The van der Waals surface area contributed by atoms with Gasteiger partial charge >= 0.3 is 0 Å². The molecule has 0 fully saturated rings. The number of rotatable bonds is 7. The summed E-state index contributed by atoms with van der Waals surface area (Å²) in [4.78, 5) is 26.6. The Morgan fingerprint density at radius 1 is 1.16 bits per heavy atom. The van der Waals surface area contributed by atoms with E-state index in [1.807, 2.05) is 57.1 Å². The van der Waals surface area contributed by atoms with Crippen molar-refractivity contribution in [1.82, 2.24) is 10.6 Å². The van der Waals surface area contributed by atoms with Crippen molar-refractivity contribution in [3.05, 3.63) is 54.0 Å². The van der Waals surface area contributed by atoms with E-state index in [4.69, 9.17) is 4.42 Å². The summed E-state index contributed by atoms with van der Waals surface area (Å²) in [5.41, 5.74) is 2.07. The van der Waals surface area contributed by atoms with E-state index < -0.39 is 11.9 Å². The van der Waals surface area contributed by atoms with Crippen molar-refractivity contribution < 1.29 is 14.0 Å². The fourth-order valence-electron chi connectivity index (χ4n) is 2.40. The minimum atomic E-state index is -0.630. The first-order valence-corrected chi connectivity index (χ1v) is 8.27. The third kappa shape index (κ3) is 5.11. The molecule has 2 N–H and O–H groups in total. The normalized spacial score (nSPS) is 11.9. The van der Waals surface area contributed by atoms with Gasteiger partial charge in [-0.2, -0.15) is 0 Å². The third-order valence-corrected chi connectivity index (χ3v) is 3.87. The van der Waals surface area contributed by atoms with Gasteiger partial charge in [0, 0.05) is 26.3 Å². The Hall–Kier alpha value is -2.76. The van der Waals surface area contributed by atoms with Crippen LogP contribution in [0.3, 0.4) is 0 Å². The van der Waals surface area contributed by atoms with Gasteiger partial charge in [0.2, 0.25) is 5.91 Å². The molecular weight excluding hydrogens is 318 g/mol. The number of hydrogen-bond donors (Lipinski definition) is 2. The number of nitrogens with one attached hydrogen (secondary N) is 2. The zero-order valence-corrected chi connectivity index (χ0v) is 15.1. The lowest BCUT2D eigenvalue weighted by Crippen LogP contribution is -2.49. The van der Waals surface area contributed by atoms with Crippen molar-refractivity contribution in [1.29, 1.82) is 0 Å². The second-order valence-electron chi connectivity index (χ2n) is 6.45. The molecule has 6 nitrogen and oxygen atoms in total. The standard InChI is InChI=1S/C19H25N3O3/c1-13(2)17(21-18(23)16-9-6-10-25-16)19(24)20-12-14-7-5-8-15(11-14)22(3)4/h5-11,13,17H,12H2,1-4H3,(H,20,24)(H,21,23). The van der Waals surface area contributed by atoms with Crippen molar-refractivity contribution in [3.63, 3.8) is 0 Å². The Kier molecular flexibility index (Phi) is 6.22. The van der Waals surface area contributed by atoms with E-state index in [2.05, 4.69) is 10.6 Å². The number of furan rings is 1. The van der Waals surface area contributed by atoms with Crippen molar-refractivity contribution in [2.75, 3.05) is 19.0 Å². The van der Waals surface area contributed by atoms with Gasteiger partial charge in [-0.15, -0.1) is 0 Å². The van der Waals surface area contributed by atoms with Gasteiger partial charge in [0.25, 0.3) is 5.91 Å². The van der Waals surface area contributed by atoms with Crippen molar-refractivity contribution in [3.8, 4) is 0 Å². The van der Waals surface area contributed by atoms with Gasteiger partial charge in [-0.3, -0.25) is 9.59 Å². The van der Waals surface area contributed by atoms with Crippen LogP contribution in [-0.4, -0.2) is 32.0 Å². The number of nitrogens with zero attached hydrogens (tertiary/aromatic N) is 1. The lowest BCUT2D eigenvalue weighted by Gasteiger charge is -2.21. The van der Waals surface area contributed by atoms with Crippen LogP contribution < -0.4 is 15.5 Å². The minimum absolute atomic E-state index is 0.0491. The quantitative estimate of drug-likeness (QED) is 0.810. The zero-order chi connectivity index (χ0) is 18.4. The smallest absolute Gasteiger partial charge is 0.287 e. The van der Waals surface area contributed by atoms with Crippen LogP contribution in [0.4, 0.5) is 5.69 Å². The number of benzene rings is 1. The number of carbonyl (C=O) groups excluding carboxylic acids is 2. The Balaban J connectivity index is 1.98. The number of anilines is 1. The van der Waals surface area contributed by atoms with Crippen molar-refractivity contribution in [2.45, 2.75) is 26.4 Å². The lowest BCUT2D eigenvalue weighted by atomic mass is 10.0. The van der Waals surface area contributed by atoms with E-state index >= 15 is 0 Å². The van der Waals surface area contributed by atoms with Gasteiger partial charge in [0.15, 0.2) is 5.76 Å². The molecule has 0 saturated heterocycles. The van der Waals surface area contributed by atoms with Gasteiger partial charge in [-0.05, 0) is 35.7 Å². The van der Waals surface area contributed by atoms with Crippen LogP contribution in [0.5, 0.6) is 0 Å². The second kappa shape index (κ2) is 8.37. The van der Waals surface area contributed by atoms with Crippen LogP contribution in [-0.2, 0) is 11.3 Å². The summed E-state index contributed by atoms with van der Waals surface area (Å²) >= 11 is 0. The Labute approximate surface area is 148 Å². The van der Waals surface area contributed by atoms with Crippen LogP contribution in [0.25, 0.3) is 0 Å². The summed E-state index contributed by atoms with van der Waals surface area (Å²) in [6, 6.07) is 10.5. The summed E-state index contributed by atoms with van der Waals surface area (Å²) < 4.78 is 5.07. The van der Waals surface area contributed by atoms with E-state index in [0.717, 1.165) is 11.3 Å². The molecule has 1 aromatic carbocycles. The van der Waals surface area contributed by atoms with E-state index in [-0.39, 0.29) is 17.6 Å². The van der Waals surface area contributed by atoms with Gasteiger partial charge < -0.3 is 20.0 Å². The zero-order valence-electron chi connectivity index (χ0n) is 15.1. The molecule has 0 spiro atoms. The molecule has 1 atom stereocenters. The SMILES string of the molecule is CC(C)C(NC(=O)c1ccco1)C(=O)NCc1cccc(N(C)C)c1. The van der Waals surface area contributed by atoms with E-state index in [9.17, 15) is 9.59 Å². The molecule has 0 radical (unpaired) electrons. The maximum absolute atomic E-state index is 12.5. The van der Waals surface area contributed by atoms with Gasteiger partial charge in [0.1, 0.15) is 6.04 Å². The van der Waals surface area contributed by atoms with Crippen LogP contribution in [0.2, 0.25) is 0 Å². The molecule has 0 saturated carbocycles. The van der Waals surface area contributed by atoms with E-state index in [1.165, 1.54) is 6.26 Å². The summed E-state index contributed by atoms with van der Waals surface area (Å²) in [5.74, 6) is -0.470. The maximum Gasteiger partial charge on any atom is 0.287 e. The van der Waals surface area contributed by atoms with E-state index in [0.29, 0.717) is 6.54 Å². The molecule has 1 aromatic heterocycles. The molecule has 2 rings (SSSR count). The van der Waals surface area contributed by atoms with Crippen molar-refractivity contribution in [2.24, 2.45) is 5.92 Å². The highest BCUT2D eigenvalue weighted by molar-refractivity contribution is 5.95. The Morgan fingerprint density at radius 3 is 2.52 bits per heavy atom. The monoisotopic (exact) mass is 343 g/mol. The largest absolute Gasteiger partial charge is 0.459 e. The minimum Gasteiger partial charge on any atom is -0.459 e. The first-order chi connectivity index (χ1) is 11.9. The molecule has 1 heterocycles. The van der Waals surface area contributed by atoms with Crippen LogP contribution >= 0.6 is 0 Å². The van der Waals surface area contributed by atoms with Crippen LogP contribution in [0.1, 0.15) is 30.0 Å². The summed E-state index contributed by atoms with van der Waals surface area (Å²) in [5, 5.41) is 5.63. The topological polar surface area (TPSA) is 74.6 Å². The highest BCUT2D eigenvalue weighted by Crippen LogP contribution is 2.13. The number of amides is 2. The van der Waals surface area contributed by atoms with Gasteiger partial charge in [-0.1, -0.05) is 26.0 Å². The highest BCUT2D eigenvalue weighted by atomic mass is 16.3. The maximum atomic E-state index is 12.5. The average Bonchev–Trinajstić information content (AvgIpc) is 3.12. The van der Waals surface area contributed by atoms with Crippen molar-refractivity contribution >= 4 is 17.5 Å². The van der Waals surface area contributed by atoms with Crippen LogP contribution in [0, 0.1) is 5.92 Å². The molecule has 6 heteroatoms. The molecule has 25 heavy (non-hydrogen) atoms. The molecule has 1 unspecified atom stereocenters. The Morgan fingerprint density at radius 2 is 1.92 bits per heavy atom. The number of hydrogen-bond acceptors (Lipinski definition) is 4. The predicted octanol–water partition coefficient (Wildman–Crippen LogP) is 2.42. The molecular formula is C19H25N3O3. The molecule has 0 aliphatic heterocycles. The average molecular weight is 343 g/mol. The lowest BCUT2D eigenvalue weighted by molar-refractivity contribution is -0.124. The van der Waals surface area contributed by atoms with Gasteiger partial charge in [0.05, 0.1) is 6.26 Å². The molecule has 2 aromatic rings. The number of carbonyl (C=O) groups is 2. The van der Waals surface area contributed by atoms with E-state index in [1.54, 1.807) is 12.1 Å². The highest BCUT2D eigenvalue weighted by Gasteiger charge is 2.25. The third-order valence-electron chi connectivity index (χ3n) is 3.87. The summed E-state index contributed by atoms with van der Waals surface area (Å²) in [6.45, 7) is 4.18. The fraction of sp³-hybridized carbons (Fsp3) is 0.368. The molecule has 134 valence electrons. The van der Waals surface area contributed by atoms with Crippen LogP contribution in [0.15, 0.2) is 47.1 Å². The fourth-order valence-corrected chi connectivity index (χ4v) is 2.40. The summed E-state index contributed by atoms with van der Waals surface area (Å²) in [6.07, 6.45) is 1.43. The second-order valence-corrected chi connectivity index (χ2v) is 6.45. The first-order valence-electron chi connectivity index (χ1n) is 8.27. The summed E-state index contributed by atoms with van der Waals surface area (Å²) in [7, 11) is 3.94. The Bertz CT molecular complexity index is 708. The first kappa shape index (κ1) is 18.6. The molecule has 0 bridgehead atoms. The molecule has 0 aliphatic rings. The predicted molar refractivity (Wildman–Crippen MR) is 97.4 cm³/mol. The van der Waals surface area contributed by atoms with Gasteiger partial charge in [-0.25, -0.2) is 0 Å². The molecule has 2 amide bonds.